The number of aromatic nitrogens is 1. The molecule has 0 aromatic carbocycles. The lowest BCUT2D eigenvalue weighted by Crippen LogP contribution is -2.17. The maximum Gasteiger partial charge on any atom is 0.0797 e. The number of hydrogen-bond donors (Lipinski definition) is 0. The maximum absolute atomic E-state index is 4.28. The number of thiazole rings is 1. The molecule has 2 heteroatoms. The van der Waals surface area contributed by atoms with Crippen LogP contribution in [0.3, 0.4) is 0 Å². The summed E-state index contributed by atoms with van der Waals surface area (Å²) in [6.07, 6.45) is 2.46. The number of hydrogen-bond acceptors (Lipinski definition) is 2. The second-order valence-corrected chi connectivity index (χ2v) is 6.11. The van der Waals surface area contributed by atoms with E-state index in [2.05, 4.69) is 39.6 Å². The average molecular weight is 211 g/mol. The van der Waals surface area contributed by atoms with Crippen molar-refractivity contribution in [2.24, 2.45) is 11.3 Å². The third-order valence-corrected chi connectivity index (χ3v) is 4.12. The number of nitrogens with zero attached hydrogens (tertiary/aromatic N) is 1. The molecule has 1 heterocycles. The minimum Gasteiger partial charge on any atom is -0.250 e. The summed E-state index contributed by atoms with van der Waals surface area (Å²) in [5, 5.41) is 0. The molecule has 0 amide bonds. The van der Waals surface area contributed by atoms with E-state index in [4.69, 9.17) is 0 Å². The van der Waals surface area contributed by atoms with Gasteiger partial charge in [-0.25, -0.2) is 4.98 Å². The normalized spacial score (nSPS) is 14.4. The lowest BCUT2D eigenvalue weighted by Gasteiger charge is -2.27. The van der Waals surface area contributed by atoms with Crippen molar-refractivity contribution >= 4 is 11.3 Å². The first-order valence-corrected chi connectivity index (χ1v) is 6.18. The van der Waals surface area contributed by atoms with Crippen molar-refractivity contribution in [1.82, 2.24) is 4.98 Å². The highest BCUT2D eigenvalue weighted by molar-refractivity contribution is 7.09. The Morgan fingerprint density at radius 3 is 2.50 bits per heavy atom. The molecule has 14 heavy (non-hydrogen) atoms. The van der Waals surface area contributed by atoms with Gasteiger partial charge in [0.05, 0.1) is 11.2 Å². The van der Waals surface area contributed by atoms with Crippen molar-refractivity contribution in [3.8, 4) is 0 Å². The van der Waals surface area contributed by atoms with Gasteiger partial charge in [0.1, 0.15) is 0 Å². The van der Waals surface area contributed by atoms with E-state index in [0.717, 1.165) is 5.92 Å². The summed E-state index contributed by atoms with van der Waals surface area (Å²) in [7, 11) is 0. The van der Waals surface area contributed by atoms with Crippen LogP contribution in [0.2, 0.25) is 0 Å². The predicted octanol–water partition coefficient (Wildman–Crippen LogP) is 4.07. The van der Waals surface area contributed by atoms with E-state index < -0.39 is 0 Å². The third-order valence-electron chi connectivity index (χ3n) is 3.13. The summed E-state index contributed by atoms with van der Waals surface area (Å²) < 4.78 is 0. The molecule has 0 aliphatic carbocycles. The molecule has 1 aromatic heterocycles. The molecule has 0 radical (unpaired) electrons. The monoisotopic (exact) mass is 211 g/mol. The predicted molar refractivity (Wildman–Crippen MR) is 63.8 cm³/mol. The van der Waals surface area contributed by atoms with Crippen molar-refractivity contribution in [1.29, 1.82) is 0 Å². The molecule has 1 nitrogen and oxygen atoms in total. The molecule has 1 rings (SSSR count). The topological polar surface area (TPSA) is 12.9 Å². The molecular weight excluding hydrogens is 190 g/mol. The van der Waals surface area contributed by atoms with Crippen LogP contribution in [0.25, 0.3) is 0 Å². The molecule has 0 fully saturated rings. The molecule has 1 atom stereocenters. The summed E-state index contributed by atoms with van der Waals surface area (Å²) in [4.78, 5) is 5.73. The third kappa shape index (κ3) is 3.09. The van der Waals surface area contributed by atoms with Crippen LogP contribution in [-0.4, -0.2) is 4.98 Å². The van der Waals surface area contributed by atoms with Gasteiger partial charge in [0.15, 0.2) is 0 Å². The highest BCUT2D eigenvalue weighted by atomic mass is 32.1. The SMILES string of the molecule is Cc1ncsc1CCC(C)C(C)(C)C. The van der Waals surface area contributed by atoms with Crippen LogP contribution in [0, 0.1) is 18.3 Å². The van der Waals surface area contributed by atoms with E-state index in [1.165, 1.54) is 23.4 Å². The molecule has 80 valence electrons. The highest BCUT2D eigenvalue weighted by Crippen LogP contribution is 2.30. The Kier molecular flexibility index (Phi) is 3.71. The molecular formula is C12H21NS. The Bertz CT molecular complexity index is 283. The summed E-state index contributed by atoms with van der Waals surface area (Å²) in [6, 6.07) is 0. The average Bonchev–Trinajstić information content (AvgIpc) is 2.45. The zero-order chi connectivity index (χ0) is 10.8. The van der Waals surface area contributed by atoms with Gasteiger partial charge in [0.2, 0.25) is 0 Å². The van der Waals surface area contributed by atoms with Crippen molar-refractivity contribution < 1.29 is 0 Å². The fraction of sp³-hybridized carbons (Fsp3) is 0.750. The first kappa shape index (κ1) is 11.7. The zero-order valence-corrected chi connectivity index (χ0v) is 10.7. The molecule has 0 aliphatic rings. The molecule has 0 bridgehead atoms. The van der Waals surface area contributed by atoms with Crippen LogP contribution in [-0.2, 0) is 6.42 Å². The first-order chi connectivity index (χ1) is 6.41. The molecule has 1 unspecified atom stereocenters. The lowest BCUT2D eigenvalue weighted by atomic mass is 9.79. The Morgan fingerprint density at radius 2 is 2.07 bits per heavy atom. The van der Waals surface area contributed by atoms with Crippen molar-refractivity contribution in [2.75, 3.05) is 0 Å². The van der Waals surface area contributed by atoms with E-state index in [1.54, 1.807) is 11.3 Å². The van der Waals surface area contributed by atoms with Gasteiger partial charge in [0, 0.05) is 4.88 Å². The van der Waals surface area contributed by atoms with Crippen LogP contribution >= 0.6 is 11.3 Å². The van der Waals surface area contributed by atoms with Crippen molar-refractivity contribution in [3.63, 3.8) is 0 Å². The summed E-state index contributed by atoms with van der Waals surface area (Å²) in [5.74, 6) is 0.768. The Morgan fingerprint density at radius 1 is 1.43 bits per heavy atom. The van der Waals surface area contributed by atoms with Crippen LogP contribution in [0.15, 0.2) is 5.51 Å². The minimum absolute atomic E-state index is 0.429. The zero-order valence-electron chi connectivity index (χ0n) is 9.92. The van der Waals surface area contributed by atoms with Gasteiger partial charge in [-0.3, -0.25) is 0 Å². The van der Waals surface area contributed by atoms with Gasteiger partial charge in [0.25, 0.3) is 0 Å². The first-order valence-electron chi connectivity index (χ1n) is 5.30. The summed E-state index contributed by atoms with van der Waals surface area (Å²) in [5.41, 5.74) is 3.60. The summed E-state index contributed by atoms with van der Waals surface area (Å²) in [6.45, 7) is 11.4. The number of aryl methyl sites for hydroxylation is 2. The smallest absolute Gasteiger partial charge is 0.0797 e. The van der Waals surface area contributed by atoms with E-state index in [1.807, 2.05) is 5.51 Å². The molecule has 0 N–H and O–H groups in total. The van der Waals surface area contributed by atoms with Crippen LogP contribution in [0.1, 0.15) is 44.7 Å². The van der Waals surface area contributed by atoms with Crippen LogP contribution in [0.4, 0.5) is 0 Å². The van der Waals surface area contributed by atoms with Gasteiger partial charge < -0.3 is 0 Å². The van der Waals surface area contributed by atoms with Crippen molar-refractivity contribution in [3.05, 3.63) is 16.1 Å². The molecule has 0 saturated carbocycles. The lowest BCUT2D eigenvalue weighted by molar-refractivity contribution is 0.247. The fourth-order valence-electron chi connectivity index (χ4n) is 1.35. The van der Waals surface area contributed by atoms with E-state index >= 15 is 0 Å². The molecule has 0 aliphatic heterocycles. The fourth-order valence-corrected chi connectivity index (χ4v) is 2.14. The van der Waals surface area contributed by atoms with Gasteiger partial charge in [-0.1, -0.05) is 27.7 Å². The second kappa shape index (κ2) is 4.43. The van der Waals surface area contributed by atoms with Gasteiger partial charge >= 0.3 is 0 Å². The molecule has 0 spiro atoms. The quantitative estimate of drug-likeness (QED) is 0.734. The standard InChI is InChI=1S/C12H21NS/c1-9(12(3,4)5)6-7-11-10(2)13-8-14-11/h8-9H,6-7H2,1-5H3. The Balaban J connectivity index is 2.46. The molecule has 0 saturated heterocycles. The van der Waals surface area contributed by atoms with Crippen LogP contribution < -0.4 is 0 Å². The maximum atomic E-state index is 4.28. The summed E-state index contributed by atoms with van der Waals surface area (Å²) >= 11 is 1.79. The minimum atomic E-state index is 0.429. The van der Waals surface area contributed by atoms with Gasteiger partial charge in [-0.05, 0) is 31.1 Å². The van der Waals surface area contributed by atoms with E-state index in [9.17, 15) is 0 Å². The largest absolute Gasteiger partial charge is 0.250 e. The number of rotatable bonds is 3. The Hall–Kier alpha value is -0.370. The van der Waals surface area contributed by atoms with E-state index in [0.29, 0.717) is 5.41 Å². The van der Waals surface area contributed by atoms with Crippen LogP contribution in [0.5, 0.6) is 0 Å². The Labute approximate surface area is 91.6 Å². The second-order valence-electron chi connectivity index (χ2n) is 5.17. The highest BCUT2D eigenvalue weighted by Gasteiger charge is 2.19. The molecule has 1 aromatic rings. The van der Waals surface area contributed by atoms with Gasteiger partial charge in [-0.15, -0.1) is 11.3 Å². The van der Waals surface area contributed by atoms with E-state index in [-0.39, 0.29) is 0 Å². The van der Waals surface area contributed by atoms with Gasteiger partial charge in [-0.2, -0.15) is 0 Å². The van der Waals surface area contributed by atoms with Crippen molar-refractivity contribution in [2.45, 2.75) is 47.5 Å².